The van der Waals surface area contributed by atoms with Crippen molar-refractivity contribution in [2.45, 2.75) is 58.8 Å². The van der Waals surface area contributed by atoms with Gasteiger partial charge in [0.1, 0.15) is 11.6 Å². The van der Waals surface area contributed by atoms with Crippen LogP contribution in [-0.4, -0.2) is 11.6 Å². The van der Waals surface area contributed by atoms with Crippen LogP contribution in [-0.2, 0) is 9.59 Å². The Hall–Kier alpha value is -0.920. The average Bonchev–Trinajstić information content (AvgIpc) is 2.76. The largest absolute Gasteiger partial charge is 0.300 e. The fourth-order valence-corrected chi connectivity index (χ4v) is 6.21. The van der Waals surface area contributed by atoms with Gasteiger partial charge in [0.15, 0.2) is 0 Å². The van der Waals surface area contributed by atoms with Gasteiger partial charge in [-0.25, -0.2) is 0 Å². The van der Waals surface area contributed by atoms with Gasteiger partial charge in [-0.1, -0.05) is 19.1 Å². The first-order valence-corrected chi connectivity index (χ1v) is 8.69. The van der Waals surface area contributed by atoms with Crippen molar-refractivity contribution in [3.63, 3.8) is 0 Å². The van der Waals surface area contributed by atoms with Crippen molar-refractivity contribution in [2.75, 3.05) is 0 Å². The predicted octanol–water partition coefficient (Wildman–Crippen LogP) is 3.94. The molecule has 1 unspecified atom stereocenters. The molecule has 0 saturated heterocycles. The third kappa shape index (κ3) is 1.71. The van der Waals surface area contributed by atoms with E-state index in [1.54, 1.807) is 0 Å². The zero-order chi connectivity index (χ0) is 14.8. The van der Waals surface area contributed by atoms with Crippen LogP contribution >= 0.6 is 0 Å². The SMILES string of the molecule is C[C@]12CCC(=O)CC1CC[C@@H]1[C@@H]2C=C[C@]2(C)C(=O)CC[C@@H]12. The molecule has 0 aromatic heterocycles. The maximum atomic E-state index is 12.3. The molecule has 4 rings (SSSR count). The summed E-state index contributed by atoms with van der Waals surface area (Å²) in [6.07, 6.45) is 11.5. The van der Waals surface area contributed by atoms with E-state index in [-0.39, 0.29) is 5.41 Å². The van der Waals surface area contributed by atoms with Gasteiger partial charge in [-0.2, -0.15) is 0 Å². The molecule has 4 aliphatic rings. The molecule has 3 fully saturated rings. The number of ketones is 2. The van der Waals surface area contributed by atoms with Crippen LogP contribution < -0.4 is 0 Å². The lowest BCUT2D eigenvalue weighted by Crippen LogP contribution is -2.51. The summed E-state index contributed by atoms with van der Waals surface area (Å²) in [5, 5.41) is 0. The number of Topliss-reactive ketones (excluding diaryl/α,β-unsaturated/α-hetero) is 2. The Morgan fingerprint density at radius 2 is 1.90 bits per heavy atom. The minimum atomic E-state index is -0.186. The molecule has 0 spiro atoms. The molecule has 114 valence electrons. The summed E-state index contributed by atoms with van der Waals surface area (Å²) in [6, 6.07) is 0. The van der Waals surface area contributed by atoms with Crippen molar-refractivity contribution in [3.05, 3.63) is 12.2 Å². The van der Waals surface area contributed by atoms with E-state index in [9.17, 15) is 9.59 Å². The number of allylic oxidation sites excluding steroid dienone is 2. The molecule has 0 radical (unpaired) electrons. The molecule has 6 atom stereocenters. The highest BCUT2D eigenvalue weighted by Gasteiger charge is 2.58. The van der Waals surface area contributed by atoms with Crippen LogP contribution in [0.2, 0.25) is 0 Å². The Morgan fingerprint density at radius 3 is 2.71 bits per heavy atom. The van der Waals surface area contributed by atoms with Crippen LogP contribution in [0.1, 0.15) is 58.8 Å². The first-order valence-electron chi connectivity index (χ1n) is 8.69. The van der Waals surface area contributed by atoms with Crippen LogP contribution in [0.5, 0.6) is 0 Å². The summed E-state index contributed by atoms with van der Waals surface area (Å²) >= 11 is 0. The Kier molecular flexibility index (Phi) is 2.81. The van der Waals surface area contributed by atoms with Gasteiger partial charge in [-0.05, 0) is 61.7 Å². The zero-order valence-electron chi connectivity index (χ0n) is 13.2. The van der Waals surface area contributed by atoms with Crippen molar-refractivity contribution in [1.82, 2.24) is 0 Å². The van der Waals surface area contributed by atoms with E-state index in [1.165, 1.54) is 12.8 Å². The van der Waals surface area contributed by atoms with Gasteiger partial charge >= 0.3 is 0 Å². The van der Waals surface area contributed by atoms with Crippen LogP contribution in [0, 0.1) is 34.5 Å². The molecule has 4 aliphatic carbocycles. The summed E-state index contributed by atoms with van der Waals surface area (Å²) in [5.41, 5.74) is 0.106. The highest BCUT2D eigenvalue weighted by molar-refractivity contribution is 5.89. The van der Waals surface area contributed by atoms with Gasteiger partial charge in [0, 0.05) is 24.7 Å². The molecule has 2 heteroatoms. The number of hydrogen-bond donors (Lipinski definition) is 0. The van der Waals surface area contributed by atoms with E-state index < -0.39 is 0 Å². The molecule has 2 nitrogen and oxygen atoms in total. The second-order valence-electron chi connectivity index (χ2n) is 8.42. The number of carbonyl (C=O) groups excluding carboxylic acids is 2. The summed E-state index contributed by atoms with van der Waals surface area (Å²) in [7, 11) is 0. The summed E-state index contributed by atoms with van der Waals surface area (Å²) < 4.78 is 0. The van der Waals surface area contributed by atoms with Gasteiger partial charge in [-0.3, -0.25) is 9.59 Å². The second kappa shape index (κ2) is 4.30. The van der Waals surface area contributed by atoms with E-state index >= 15 is 0 Å². The number of fused-ring (bicyclic) bond motifs is 5. The Morgan fingerprint density at radius 1 is 1.10 bits per heavy atom. The van der Waals surface area contributed by atoms with Gasteiger partial charge < -0.3 is 0 Å². The molecule has 0 amide bonds. The minimum absolute atomic E-state index is 0.186. The van der Waals surface area contributed by atoms with Crippen LogP contribution in [0.15, 0.2) is 12.2 Å². The first-order chi connectivity index (χ1) is 9.95. The third-order valence-corrected chi connectivity index (χ3v) is 7.64. The molecule has 0 bridgehead atoms. The summed E-state index contributed by atoms with van der Waals surface area (Å²) in [4.78, 5) is 24.1. The van der Waals surface area contributed by atoms with Gasteiger partial charge in [0.2, 0.25) is 0 Å². The number of carbonyl (C=O) groups is 2. The highest BCUT2D eigenvalue weighted by Crippen LogP contribution is 2.62. The van der Waals surface area contributed by atoms with Crippen LogP contribution in [0.25, 0.3) is 0 Å². The molecule has 0 aliphatic heterocycles. The van der Waals surface area contributed by atoms with Crippen molar-refractivity contribution < 1.29 is 9.59 Å². The van der Waals surface area contributed by atoms with E-state index in [1.807, 2.05) is 0 Å². The maximum Gasteiger partial charge on any atom is 0.142 e. The van der Waals surface area contributed by atoms with Crippen LogP contribution in [0.4, 0.5) is 0 Å². The molecule has 0 N–H and O–H groups in total. The van der Waals surface area contributed by atoms with Crippen molar-refractivity contribution in [3.8, 4) is 0 Å². The molecule has 0 heterocycles. The summed E-state index contributed by atoms with van der Waals surface area (Å²) in [5.74, 6) is 3.31. The Bertz CT molecular complexity index is 534. The molecule has 0 aromatic rings. The minimum Gasteiger partial charge on any atom is -0.300 e. The van der Waals surface area contributed by atoms with E-state index in [4.69, 9.17) is 0 Å². The highest BCUT2D eigenvalue weighted by atomic mass is 16.1. The third-order valence-electron chi connectivity index (χ3n) is 7.64. The lowest BCUT2D eigenvalue weighted by Gasteiger charge is -2.57. The lowest BCUT2D eigenvalue weighted by atomic mass is 9.47. The van der Waals surface area contributed by atoms with Crippen molar-refractivity contribution in [1.29, 1.82) is 0 Å². The fourth-order valence-electron chi connectivity index (χ4n) is 6.21. The standard InChI is InChI=1S/C19H26O2/c1-18-9-7-13(20)11-12(18)3-4-14-15-5-6-17(21)19(15,2)10-8-16(14)18/h8,10,12,14-16H,3-7,9,11H2,1-2H3/t12?,14-,15-,16-,18-,19-/m0/s1. The Labute approximate surface area is 127 Å². The summed E-state index contributed by atoms with van der Waals surface area (Å²) in [6.45, 7) is 4.59. The molecular formula is C19H26O2. The number of hydrogen-bond acceptors (Lipinski definition) is 2. The maximum absolute atomic E-state index is 12.3. The lowest BCUT2D eigenvalue weighted by molar-refractivity contribution is -0.132. The van der Waals surface area contributed by atoms with E-state index in [2.05, 4.69) is 26.0 Å². The molecular weight excluding hydrogens is 260 g/mol. The molecule has 0 aromatic carbocycles. The van der Waals surface area contributed by atoms with Gasteiger partial charge in [-0.15, -0.1) is 0 Å². The predicted molar refractivity (Wildman–Crippen MR) is 81.6 cm³/mol. The van der Waals surface area contributed by atoms with E-state index in [0.717, 1.165) is 32.1 Å². The smallest absolute Gasteiger partial charge is 0.142 e. The Balaban J connectivity index is 1.72. The molecule has 3 saturated carbocycles. The first kappa shape index (κ1) is 13.7. The topological polar surface area (TPSA) is 34.1 Å². The fraction of sp³-hybridized carbons (Fsp3) is 0.789. The second-order valence-corrected chi connectivity index (χ2v) is 8.42. The van der Waals surface area contributed by atoms with Crippen molar-refractivity contribution >= 4 is 11.6 Å². The quantitative estimate of drug-likeness (QED) is 0.632. The average molecular weight is 286 g/mol. The van der Waals surface area contributed by atoms with Crippen LogP contribution in [0.3, 0.4) is 0 Å². The van der Waals surface area contributed by atoms with Crippen molar-refractivity contribution in [2.24, 2.45) is 34.5 Å². The molecule has 21 heavy (non-hydrogen) atoms. The van der Waals surface area contributed by atoms with Gasteiger partial charge in [0.05, 0.1) is 0 Å². The zero-order valence-corrected chi connectivity index (χ0v) is 13.2. The number of rotatable bonds is 0. The monoisotopic (exact) mass is 286 g/mol. The van der Waals surface area contributed by atoms with Gasteiger partial charge in [0.25, 0.3) is 0 Å². The normalized spacial score (nSPS) is 52.3. The van der Waals surface area contributed by atoms with E-state index in [0.29, 0.717) is 40.7 Å².